The summed E-state index contributed by atoms with van der Waals surface area (Å²) in [5.41, 5.74) is 0. The van der Waals surface area contributed by atoms with E-state index >= 15 is 0 Å². The van der Waals surface area contributed by atoms with Crippen LogP contribution in [-0.4, -0.2) is 20.9 Å². The van der Waals surface area contributed by atoms with Crippen LogP contribution >= 0.6 is 0 Å². The Labute approximate surface area is 222 Å². The zero-order chi connectivity index (χ0) is 20.9. The molecule has 0 atom stereocenters. The smallest absolute Gasteiger partial charge is 0.550 e. The van der Waals surface area contributed by atoms with Crippen molar-refractivity contribution in [3.63, 3.8) is 0 Å². The Morgan fingerprint density at radius 3 is 1.62 bits per heavy atom. The van der Waals surface area contributed by atoms with Crippen molar-refractivity contribution in [2.24, 2.45) is 0 Å². The first-order valence-corrected chi connectivity index (χ1v) is 12.9. The Bertz CT molecular complexity index is 495. The summed E-state index contributed by atoms with van der Waals surface area (Å²) in [5, 5.41) is 11.4. The first-order chi connectivity index (χ1) is 13.5. The van der Waals surface area contributed by atoms with Gasteiger partial charge in [0.2, 0.25) is 10.0 Å². The summed E-state index contributed by atoms with van der Waals surface area (Å²) in [6, 6.07) is 0. The fourth-order valence-electron chi connectivity index (χ4n) is 3.17. The number of allylic oxidation sites excluding steroid dienone is 1. The number of hydrogen-bond acceptors (Lipinski definition) is 4. The Balaban J connectivity index is 0. The molecule has 0 aliphatic rings. The Morgan fingerprint density at radius 2 is 1.21 bits per heavy atom. The van der Waals surface area contributed by atoms with E-state index in [1.54, 1.807) is 6.08 Å². The molecular formula is C22H42KNO4S. The van der Waals surface area contributed by atoms with Gasteiger partial charge in [0.1, 0.15) is 0 Å². The molecule has 0 saturated carbocycles. The van der Waals surface area contributed by atoms with Gasteiger partial charge in [0.05, 0.1) is 0 Å². The van der Waals surface area contributed by atoms with Gasteiger partial charge in [-0.2, -0.15) is 0 Å². The molecule has 0 saturated heterocycles. The number of nitrogens with one attached hydrogen (secondary N) is 1. The Hall–Kier alpha value is 0.756. The standard InChI is InChI=1S/C22H43NO4S.K/c1-2-3-4-5-6-7-8-9-10-11-12-13-14-15-16-17-18-21-28(26,27)23-20-19-22(24)25;/h18,21,23H,2-17,19-20H2,1H3,(H,24,25);/q;+1/p-1/b21-18+;. The van der Waals surface area contributed by atoms with Crippen molar-refractivity contribution in [2.75, 3.05) is 6.54 Å². The van der Waals surface area contributed by atoms with Gasteiger partial charge in [-0.15, -0.1) is 0 Å². The normalized spacial score (nSPS) is 11.6. The minimum atomic E-state index is -3.52. The van der Waals surface area contributed by atoms with E-state index in [-0.39, 0.29) is 64.4 Å². The topological polar surface area (TPSA) is 86.3 Å². The number of carboxylic acid groups (broad SMARTS) is 1. The summed E-state index contributed by atoms with van der Waals surface area (Å²) in [7, 11) is -3.52. The Morgan fingerprint density at radius 1 is 0.793 bits per heavy atom. The minimum absolute atomic E-state index is 0. The van der Waals surface area contributed by atoms with Crippen molar-refractivity contribution in [3.8, 4) is 0 Å². The van der Waals surface area contributed by atoms with Gasteiger partial charge in [-0.25, -0.2) is 13.1 Å². The van der Waals surface area contributed by atoms with Gasteiger partial charge >= 0.3 is 51.4 Å². The van der Waals surface area contributed by atoms with Crippen LogP contribution in [-0.2, 0) is 14.8 Å². The summed E-state index contributed by atoms with van der Waals surface area (Å²) >= 11 is 0. The molecule has 1 N–H and O–H groups in total. The van der Waals surface area contributed by atoms with E-state index in [0.29, 0.717) is 0 Å². The molecule has 29 heavy (non-hydrogen) atoms. The zero-order valence-corrected chi connectivity index (χ0v) is 22.9. The van der Waals surface area contributed by atoms with Crippen LogP contribution < -0.4 is 61.2 Å². The van der Waals surface area contributed by atoms with Crippen molar-refractivity contribution in [3.05, 3.63) is 11.5 Å². The predicted octanol–water partition coefficient (Wildman–Crippen LogP) is 1.83. The molecule has 0 radical (unpaired) electrons. The summed E-state index contributed by atoms with van der Waals surface area (Å²) in [6.07, 6.45) is 21.8. The first-order valence-electron chi connectivity index (χ1n) is 11.3. The number of unbranched alkanes of at least 4 members (excludes halogenated alkanes) is 15. The maximum Gasteiger partial charge on any atom is 1.00 e. The number of carboxylic acids is 1. The van der Waals surface area contributed by atoms with Crippen molar-refractivity contribution in [1.82, 2.24) is 4.72 Å². The average molecular weight is 456 g/mol. The third-order valence-electron chi connectivity index (χ3n) is 4.88. The quantitative estimate of drug-likeness (QED) is 0.211. The molecular weight excluding hydrogens is 413 g/mol. The van der Waals surface area contributed by atoms with Crippen molar-refractivity contribution in [2.45, 2.75) is 116 Å². The van der Waals surface area contributed by atoms with Gasteiger partial charge in [0.25, 0.3) is 0 Å². The third-order valence-corrected chi connectivity index (χ3v) is 6.04. The van der Waals surface area contributed by atoms with Gasteiger partial charge in [-0.1, -0.05) is 103 Å². The van der Waals surface area contributed by atoms with Crippen LogP contribution in [0.15, 0.2) is 11.5 Å². The van der Waals surface area contributed by atoms with E-state index in [2.05, 4.69) is 11.6 Å². The zero-order valence-electron chi connectivity index (χ0n) is 18.9. The molecule has 166 valence electrons. The SMILES string of the molecule is CCCCCCCCCCCCCCCCC/C=C/S(=O)(=O)NCCC(=O)[O-].[K+]. The second-order valence-electron chi connectivity index (χ2n) is 7.67. The molecule has 5 nitrogen and oxygen atoms in total. The van der Waals surface area contributed by atoms with E-state index in [1.165, 1.54) is 83.5 Å². The van der Waals surface area contributed by atoms with Gasteiger partial charge in [-0.05, 0) is 12.8 Å². The van der Waals surface area contributed by atoms with E-state index in [1.807, 2.05) is 0 Å². The molecule has 0 aliphatic carbocycles. The number of carbonyl (C=O) groups is 1. The van der Waals surface area contributed by atoms with Gasteiger partial charge in [0.15, 0.2) is 0 Å². The molecule has 0 aliphatic heterocycles. The number of hydrogen-bond donors (Lipinski definition) is 1. The van der Waals surface area contributed by atoms with Crippen LogP contribution in [0.5, 0.6) is 0 Å². The van der Waals surface area contributed by atoms with E-state index in [0.717, 1.165) is 24.7 Å². The van der Waals surface area contributed by atoms with Gasteiger partial charge < -0.3 is 9.90 Å². The first kappa shape index (κ1) is 31.9. The number of carbonyl (C=O) groups excluding carboxylic acids is 1. The van der Waals surface area contributed by atoms with Gasteiger partial charge in [0, 0.05) is 24.3 Å². The van der Waals surface area contributed by atoms with Crippen LogP contribution in [0.3, 0.4) is 0 Å². The molecule has 0 bridgehead atoms. The molecule has 0 aromatic carbocycles. The second kappa shape index (κ2) is 23.4. The fraction of sp³-hybridized carbons (Fsp3) is 0.864. The maximum absolute atomic E-state index is 11.6. The largest absolute Gasteiger partial charge is 1.00 e. The van der Waals surface area contributed by atoms with Crippen LogP contribution in [0.25, 0.3) is 0 Å². The molecule has 0 aromatic heterocycles. The van der Waals surface area contributed by atoms with Crippen LogP contribution in [0.1, 0.15) is 116 Å². The van der Waals surface area contributed by atoms with Crippen molar-refractivity contribution in [1.29, 1.82) is 0 Å². The number of sulfonamides is 1. The third kappa shape index (κ3) is 26.7. The molecule has 0 fully saturated rings. The minimum Gasteiger partial charge on any atom is -0.550 e. The summed E-state index contributed by atoms with van der Waals surface area (Å²) in [6.45, 7) is 2.13. The predicted molar refractivity (Wildman–Crippen MR) is 115 cm³/mol. The second-order valence-corrected chi connectivity index (χ2v) is 9.32. The van der Waals surface area contributed by atoms with E-state index in [9.17, 15) is 18.3 Å². The summed E-state index contributed by atoms with van der Waals surface area (Å²) < 4.78 is 25.3. The van der Waals surface area contributed by atoms with Crippen molar-refractivity contribution < 1.29 is 69.7 Å². The van der Waals surface area contributed by atoms with Gasteiger partial charge in [-0.3, -0.25) is 0 Å². The van der Waals surface area contributed by atoms with Crippen LogP contribution in [0.2, 0.25) is 0 Å². The van der Waals surface area contributed by atoms with E-state index < -0.39 is 16.0 Å². The average Bonchev–Trinajstić information content (AvgIpc) is 2.63. The maximum atomic E-state index is 11.6. The fourth-order valence-corrected chi connectivity index (χ4v) is 4.04. The molecule has 0 rings (SSSR count). The summed E-state index contributed by atoms with van der Waals surface area (Å²) in [5.74, 6) is -1.26. The molecule has 0 unspecified atom stereocenters. The molecule has 7 heteroatoms. The van der Waals surface area contributed by atoms with Crippen LogP contribution in [0, 0.1) is 0 Å². The summed E-state index contributed by atoms with van der Waals surface area (Å²) in [4.78, 5) is 10.2. The van der Waals surface area contributed by atoms with Crippen LogP contribution in [0.4, 0.5) is 0 Å². The molecule has 0 amide bonds. The van der Waals surface area contributed by atoms with Crippen molar-refractivity contribution >= 4 is 16.0 Å². The Kier molecular flexibility index (Phi) is 25.8. The molecule has 0 heterocycles. The molecule has 0 spiro atoms. The number of rotatable bonds is 21. The van der Waals surface area contributed by atoms with E-state index in [4.69, 9.17) is 0 Å². The molecule has 0 aromatic rings. The number of aliphatic carboxylic acids is 1. The monoisotopic (exact) mass is 455 g/mol.